The number of hydrogen-bond acceptors (Lipinski definition) is 3. The van der Waals surface area contributed by atoms with Gasteiger partial charge in [0.2, 0.25) is 5.91 Å². The Kier molecular flexibility index (Phi) is 5.52. The molecule has 4 nitrogen and oxygen atoms in total. The van der Waals surface area contributed by atoms with Crippen LogP contribution in [0.25, 0.3) is 6.08 Å². The summed E-state index contributed by atoms with van der Waals surface area (Å²) in [6.07, 6.45) is 6.73. The fraction of sp³-hybridized carbons (Fsp3) is 0.250. The smallest absolute Gasteiger partial charge is 0.264 e. The zero-order chi connectivity index (χ0) is 18.6. The van der Waals surface area contributed by atoms with Crippen LogP contribution in [0.5, 0.6) is 0 Å². The van der Waals surface area contributed by atoms with Crippen LogP contribution in [0.1, 0.15) is 36.0 Å². The van der Waals surface area contributed by atoms with Crippen LogP contribution in [-0.4, -0.2) is 14.3 Å². The normalized spacial score (nSPS) is 14.2. The van der Waals surface area contributed by atoms with Crippen molar-refractivity contribution in [1.82, 2.24) is 4.72 Å². The number of rotatable bonds is 5. The SMILES string of the molecule is O=C(C/C=C/c1ccccc1F)NS(=O)(=O)c1ccc2c(c1)CCCC2. The molecular formula is C20H20FNO3S. The van der Waals surface area contributed by atoms with Gasteiger partial charge in [0.05, 0.1) is 4.90 Å². The summed E-state index contributed by atoms with van der Waals surface area (Å²) in [6.45, 7) is 0. The van der Waals surface area contributed by atoms with E-state index in [1.54, 1.807) is 24.3 Å². The van der Waals surface area contributed by atoms with E-state index in [2.05, 4.69) is 4.72 Å². The van der Waals surface area contributed by atoms with Crippen LogP contribution in [0.3, 0.4) is 0 Å². The molecule has 0 radical (unpaired) electrons. The number of nitrogens with one attached hydrogen (secondary N) is 1. The molecule has 2 aromatic rings. The molecule has 1 amide bonds. The molecule has 0 bridgehead atoms. The summed E-state index contributed by atoms with van der Waals surface area (Å²) in [5.41, 5.74) is 2.55. The first-order valence-electron chi connectivity index (χ1n) is 8.54. The number of fused-ring (bicyclic) bond motifs is 1. The second-order valence-corrected chi connectivity index (χ2v) is 7.98. The summed E-state index contributed by atoms with van der Waals surface area (Å²) >= 11 is 0. The standard InChI is InChI=1S/C20H20FNO3S/c21-19-10-4-3-7-16(19)9-5-11-20(23)22-26(24,25)18-13-12-15-6-1-2-8-17(15)14-18/h3-5,7,9-10,12-14H,1-2,6,8,11H2,(H,22,23)/b9-5+. The Bertz CT molecular complexity index is 951. The lowest BCUT2D eigenvalue weighted by molar-refractivity contribution is -0.118. The molecule has 6 heteroatoms. The summed E-state index contributed by atoms with van der Waals surface area (Å²) < 4.78 is 40.4. The van der Waals surface area contributed by atoms with E-state index in [4.69, 9.17) is 0 Å². The Morgan fingerprint density at radius 3 is 2.58 bits per heavy atom. The molecule has 0 aliphatic heterocycles. The van der Waals surface area contributed by atoms with Crippen molar-refractivity contribution < 1.29 is 17.6 Å². The van der Waals surface area contributed by atoms with Crippen LogP contribution in [0.2, 0.25) is 0 Å². The summed E-state index contributed by atoms with van der Waals surface area (Å²) in [4.78, 5) is 12.1. The van der Waals surface area contributed by atoms with E-state index < -0.39 is 21.7 Å². The number of amides is 1. The molecule has 0 atom stereocenters. The first kappa shape index (κ1) is 18.3. The maximum atomic E-state index is 13.5. The van der Waals surface area contributed by atoms with Crippen LogP contribution < -0.4 is 4.72 Å². The predicted octanol–water partition coefficient (Wildman–Crippen LogP) is 3.61. The Morgan fingerprint density at radius 2 is 1.81 bits per heavy atom. The lowest BCUT2D eigenvalue weighted by Crippen LogP contribution is -2.30. The molecule has 0 saturated heterocycles. The number of benzene rings is 2. The van der Waals surface area contributed by atoms with E-state index in [0.29, 0.717) is 5.56 Å². The molecule has 3 rings (SSSR count). The fourth-order valence-electron chi connectivity index (χ4n) is 3.03. The molecule has 26 heavy (non-hydrogen) atoms. The zero-order valence-electron chi connectivity index (χ0n) is 14.2. The molecule has 2 aromatic carbocycles. The van der Waals surface area contributed by atoms with Gasteiger partial charge in [-0.3, -0.25) is 4.79 Å². The van der Waals surface area contributed by atoms with Gasteiger partial charge in [-0.1, -0.05) is 36.4 Å². The first-order chi connectivity index (χ1) is 12.5. The van der Waals surface area contributed by atoms with E-state index in [0.717, 1.165) is 31.2 Å². The van der Waals surface area contributed by atoms with Crippen molar-refractivity contribution in [2.24, 2.45) is 0 Å². The second-order valence-electron chi connectivity index (χ2n) is 6.29. The van der Waals surface area contributed by atoms with Crippen molar-refractivity contribution in [2.75, 3.05) is 0 Å². The number of carbonyl (C=O) groups is 1. The number of aryl methyl sites for hydroxylation is 2. The Morgan fingerprint density at radius 1 is 1.08 bits per heavy atom. The molecule has 0 saturated carbocycles. The maximum absolute atomic E-state index is 13.5. The third-order valence-electron chi connectivity index (χ3n) is 4.38. The summed E-state index contributed by atoms with van der Waals surface area (Å²) in [7, 11) is -3.90. The van der Waals surface area contributed by atoms with Gasteiger partial charge in [-0.15, -0.1) is 0 Å². The number of halogens is 1. The van der Waals surface area contributed by atoms with E-state index in [-0.39, 0.29) is 11.3 Å². The van der Waals surface area contributed by atoms with Gasteiger partial charge in [-0.25, -0.2) is 17.5 Å². The number of carbonyl (C=O) groups excluding carboxylic acids is 1. The number of hydrogen-bond donors (Lipinski definition) is 1. The minimum absolute atomic E-state index is 0.101. The number of sulfonamides is 1. The van der Waals surface area contributed by atoms with Crippen LogP contribution in [0.15, 0.2) is 53.4 Å². The summed E-state index contributed by atoms with van der Waals surface area (Å²) in [5, 5.41) is 0. The van der Waals surface area contributed by atoms with Crippen molar-refractivity contribution in [2.45, 2.75) is 37.0 Å². The van der Waals surface area contributed by atoms with Crippen molar-refractivity contribution in [1.29, 1.82) is 0 Å². The molecule has 0 unspecified atom stereocenters. The topological polar surface area (TPSA) is 63.2 Å². The van der Waals surface area contributed by atoms with Gasteiger partial charge in [0.25, 0.3) is 10.0 Å². The monoisotopic (exact) mass is 373 g/mol. The highest BCUT2D eigenvalue weighted by Crippen LogP contribution is 2.24. The van der Waals surface area contributed by atoms with Crippen molar-refractivity contribution >= 4 is 22.0 Å². The Balaban J connectivity index is 1.65. The molecule has 0 fully saturated rings. The van der Waals surface area contributed by atoms with E-state index in [1.165, 1.54) is 29.8 Å². The van der Waals surface area contributed by atoms with Crippen LogP contribution in [0.4, 0.5) is 4.39 Å². The van der Waals surface area contributed by atoms with Gasteiger partial charge in [-0.05, 0) is 55.0 Å². The van der Waals surface area contributed by atoms with Crippen molar-refractivity contribution in [3.8, 4) is 0 Å². The van der Waals surface area contributed by atoms with E-state index >= 15 is 0 Å². The van der Waals surface area contributed by atoms with Gasteiger partial charge in [0, 0.05) is 12.0 Å². The van der Waals surface area contributed by atoms with Crippen LogP contribution in [-0.2, 0) is 27.7 Å². The van der Waals surface area contributed by atoms with E-state index in [1.807, 2.05) is 6.07 Å². The lowest BCUT2D eigenvalue weighted by atomic mass is 9.92. The molecule has 0 spiro atoms. The zero-order valence-corrected chi connectivity index (χ0v) is 15.1. The third kappa shape index (κ3) is 4.38. The molecule has 0 heterocycles. The van der Waals surface area contributed by atoms with Gasteiger partial charge in [0.1, 0.15) is 5.82 Å². The largest absolute Gasteiger partial charge is 0.274 e. The minimum Gasteiger partial charge on any atom is -0.274 e. The van der Waals surface area contributed by atoms with Gasteiger partial charge < -0.3 is 0 Å². The first-order valence-corrected chi connectivity index (χ1v) is 10.0. The predicted molar refractivity (Wildman–Crippen MR) is 98.5 cm³/mol. The lowest BCUT2D eigenvalue weighted by Gasteiger charge is -2.16. The highest BCUT2D eigenvalue weighted by Gasteiger charge is 2.19. The highest BCUT2D eigenvalue weighted by atomic mass is 32.2. The molecule has 1 N–H and O–H groups in total. The van der Waals surface area contributed by atoms with Gasteiger partial charge in [0.15, 0.2) is 0 Å². The Labute approximate surface area is 152 Å². The van der Waals surface area contributed by atoms with Crippen LogP contribution >= 0.6 is 0 Å². The molecular weight excluding hydrogens is 353 g/mol. The average molecular weight is 373 g/mol. The molecule has 1 aliphatic carbocycles. The molecule has 1 aliphatic rings. The van der Waals surface area contributed by atoms with Gasteiger partial charge in [-0.2, -0.15) is 0 Å². The summed E-state index contributed by atoms with van der Waals surface area (Å²) in [5.74, 6) is -1.05. The second kappa shape index (κ2) is 7.83. The van der Waals surface area contributed by atoms with Gasteiger partial charge >= 0.3 is 0 Å². The molecule has 0 aromatic heterocycles. The third-order valence-corrected chi connectivity index (χ3v) is 5.76. The Hall–Kier alpha value is -2.47. The van der Waals surface area contributed by atoms with E-state index in [9.17, 15) is 17.6 Å². The maximum Gasteiger partial charge on any atom is 0.264 e. The molecule has 136 valence electrons. The fourth-order valence-corrected chi connectivity index (χ4v) is 4.08. The minimum atomic E-state index is -3.90. The van der Waals surface area contributed by atoms with Crippen molar-refractivity contribution in [3.63, 3.8) is 0 Å². The quantitative estimate of drug-likeness (QED) is 0.871. The highest BCUT2D eigenvalue weighted by molar-refractivity contribution is 7.90. The van der Waals surface area contributed by atoms with Crippen LogP contribution in [0, 0.1) is 5.82 Å². The summed E-state index contributed by atoms with van der Waals surface area (Å²) in [6, 6.07) is 11.2. The average Bonchev–Trinajstić information content (AvgIpc) is 2.62. The van der Waals surface area contributed by atoms with Crippen molar-refractivity contribution in [3.05, 3.63) is 71.0 Å².